The van der Waals surface area contributed by atoms with Crippen LogP contribution in [0.5, 0.6) is 5.75 Å². The van der Waals surface area contributed by atoms with Crippen LogP contribution in [0.2, 0.25) is 0 Å². The minimum atomic E-state index is -0.236. The Kier molecular flexibility index (Phi) is 3.28. The first-order chi connectivity index (χ1) is 8.24. The van der Waals surface area contributed by atoms with Gasteiger partial charge in [0.2, 0.25) is 0 Å². The lowest BCUT2D eigenvalue weighted by Gasteiger charge is -2.07. The Bertz CT molecular complexity index is 546. The summed E-state index contributed by atoms with van der Waals surface area (Å²) in [6.07, 6.45) is 0.279. The van der Waals surface area contributed by atoms with E-state index in [0.29, 0.717) is 0 Å². The standard InChI is InChI=1S/C14H14O3/c1-16-12-7-6-10-4-3-5-11(13(10)9-12)8-14(15)17-2/h3-7,9H,8H2,1-2H3. The van der Waals surface area contributed by atoms with E-state index >= 15 is 0 Å². The summed E-state index contributed by atoms with van der Waals surface area (Å²) in [5, 5.41) is 2.12. The second kappa shape index (κ2) is 4.87. The number of methoxy groups -OCH3 is 2. The van der Waals surface area contributed by atoms with E-state index in [1.165, 1.54) is 7.11 Å². The zero-order valence-electron chi connectivity index (χ0n) is 9.90. The number of carbonyl (C=O) groups is 1. The maximum absolute atomic E-state index is 11.3. The number of hydrogen-bond donors (Lipinski definition) is 0. The van der Waals surface area contributed by atoms with Gasteiger partial charge < -0.3 is 9.47 Å². The number of benzene rings is 2. The van der Waals surface area contributed by atoms with Gasteiger partial charge in [-0.3, -0.25) is 4.79 Å². The van der Waals surface area contributed by atoms with Crippen LogP contribution in [0.25, 0.3) is 10.8 Å². The van der Waals surface area contributed by atoms with Gasteiger partial charge in [-0.2, -0.15) is 0 Å². The lowest BCUT2D eigenvalue weighted by atomic mass is 10.0. The molecule has 0 saturated heterocycles. The van der Waals surface area contributed by atoms with Crippen LogP contribution in [-0.2, 0) is 16.0 Å². The summed E-state index contributed by atoms with van der Waals surface area (Å²) in [5.74, 6) is 0.551. The largest absolute Gasteiger partial charge is 0.497 e. The van der Waals surface area contributed by atoms with Crippen LogP contribution in [0.4, 0.5) is 0 Å². The van der Waals surface area contributed by atoms with E-state index in [2.05, 4.69) is 4.74 Å². The van der Waals surface area contributed by atoms with Gasteiger partial charge in [-0.05, 0) is 28.5 Å². The van der Waals surface area contributed by atoms with Crippen LogP contribution in [0.1, 0.15) is 5.56 Å². The summed E-state index contributed by atoms with van der Waals surface area (Å²) >= 11 is 0. The first-order valence-corrected chi connectivity index (χ1v) is 5.37. The van der Waals surface area contributed by atoms with Crippen LogP contribution in [0.15, 0.2) is 36.4 Å². The first kappa shape index (κ1) is 11.5. The normalized spacial score (nSPS) is 10.2. The fourth-order valence-electron chi connectivity index (χ4n) is 1.83. The molecule has 0 atom stereocenters. The SMILES string of the molecule is COC(=O)Cc1cccc2ccc(OC)cc12. The average molecular weight is 230 g/mol. The van der Waals surface area contributed by atoms with Crippen molar-refractivity contribution in [1.29, 1.82) is 0 Å². The van der Waals surface area contributed by atoms with E-state index in [4.69, 9.17) is 4.74 Å². The Morgan fingerprint density at radius 3 is 2.71 bits per heavy atom. The fraction of sp³-hybridized carbons (Fsp3) is 0.214. The summed E-state index contributed by atoms with van der Waals surface area (Å²) in [5.41, 5.74) is 0.952. The van der Waals surface area contributed by atoms with Gasteiger partial charge in [0, 0.05) is 0 Å². The van der Waals surface area contributed by atoms with Crippen molar-refractivity contribution in [3.63, 3.8) is 0 Å². The van der Waals surface area contributed by atoms with E-state index in [0.717, 1.165) is 22.1 Å². The predicted molar refractivity (Wildman–Crippen MR) is 66.2 cm³/mol. The van der Waals surface area contributed by atoms with Crippen LogP contribution in [0, 0.1) is 0 Å². The molecule has 0 aliphatic rings. The van der Waals surface area contributed by atoms with Crippen molar-refractivity contribution in [1.82, 2.24) is 0 Å². The van der Waals surface area contributed by atoms with Crippen molar-refractivity contribution in [3.8, 4) is 5.75 Å². The molecule has 0 N–H and O–H groups in total. The van der Waals surface area contributed by atoms with Gasteiger partial charge in [0.05, 0.1) is 20.6 Å². The first-order valence-electron chi connectivity index (χ1n) is 5.37. The monoisotopic (exact) mass is 230 g/mol. The number of carbonyl (C=O) groups excluding carboxylic acids is 1. The maximum Gasteiger partial charge on any atom is 0.309 e. The number of esters is 1. The molecule has 2 aromatic carbocycles. The highest BCUT2D eigenvalue weighted by atomic mass is 16.5. The molecule has 3 heteroatoms. The third-order valence-electron chi connectivity index (χ3n) is 2.74. The van der Waals surface area contributed by atoms with Gasteiger partial charge >= 0.3 is 5.97 Å². The van der Waals surface area contributed by atoms with E-state index in [1.807, 2.05) is 36.4 Å². The van der Waals surface area contributed by atoms with E-state index in [-0.39, 0.29) is 12.4 Å². The zero-order valence-corrected chi connectivity index (χ0v) is 9.90. The maximum atomic E-state index is 11.3. The smallest absolute Gasteiger partial charge is 0.309 e. The molecular weight excluding hydrogens is 216 g/mol. The van der Waals surface area contributed by atoms with Gasteiger partial charge in [0.15, 0.2) is 0 Å². The number of fused-ring (bicyclic) bond motifs is 1. The highest BCUT2D eigenvalue weighted by Gasteiger charge is 2.07. The third-order valence-corrected chi connectivity index (χ3v) is 2.74. The molecule has 0 bridgehead atoms. The number of hydrogen-bond acceptors (Lipinski definition) is 3. The van der Waals surface area contributed by atoms with Crippen molar-refractivity contribution >= 4 is 16.7 Å². The molecule has 0 saturated carbocycles. The van der Waals surface area contributed by atoms with E-state index < -0.39 is 0 Å². The summed E-state index contributed by atoms with van der Waals surface area (Å²) in [6.45, 7) is 0. The molecule has 0 radical (unpaired) electrons. The Labute approximate surface area is 100.0 Å². The van der Waals surface area contributed by atoms with Crippen molar-refractivity contribution in [2.45, 2.75) is 6.42 Å². The molecule has 0 spiro atoms. The molecule has 0 aliphatic heterocycles. The Balaban J connectivity index is 2.50. The summed E-state index contributed by atoms with van der Waals surface area (Å²) < 4.78 is 9.88. The Hall–Kier alpha value is -2.03. The molecular formula is C14H14O3. The Morgan fingerprint density at radius 2 is 2.00 bits per heavy atom. The van der Waals surface area contributed by atoms with E-state index in [9.17, 15) is 4.79 Å². The van der Waals surface area contributed by atoms with Crippen molar-refractivity contribution in [2.75, 3.05) is 14.2 Å². The van der Waals surface area contributed by atoms with Gasteiger partial charge in [0.25, 0.3) is 0 Å². The topological polar surface area (TPSA) is 35.5 Å². The second-order valence-electron chi connectivity index (χ2n) is 3.76. The third kappa shape index (κ3) is 2.38. The molecule has 2 aromatic rings. The van der Waals surface area contributed by atoms with Crippen molar-refractivity contribution in [3.05, 3.63) is 42.0 Å². The van der Waals surface area contributed by atoms with Crippen LogP contribution < -0.4 is 4.74 Å². The quantitative estimate of drug-likeness (QED) is 0.760. The lowest BCUT2D eigenvalue weighted by Crippen LogP contribution is -2.04. The minimum Gasteiger partial charge on any atom is -0.497 e. The average Bonchev–Trinajstić information content (AvgIpc) is 2.38. The van der Waals surface area contributed by atoms with Gasteiger partial charge in [0.1, 0.15) is 5.75 Å². The lowest BCUT2D eigenvalue weighted by molar-refractivity contribution is -0.139. The summed E-state index contributed by atoms with van der Waals surface area (Å²) in [4.78, 5) is 11.3. The van der Waals surface area contributed by atoms with Crippen molar-refractivity contribution in [2.24, 2.45) is 0 Å². The molecule has 17 heavy (non-hydrogen) atoms. The van der Waals surface area contributed by atoms with Crippen LogP contribution in [0.3, 0.4) is 0 Å². The summed E-state index contributed by atoms with van der Waals surface area (Å²) in [6, 6.07) is 11.7. The number of ether oxygens (including phenoxy) is 2. The van der Waals surface area contributed by atoms with Gasteiger partial charge in [-0.25, -0.2) is 0 Å². The predicted octanol–water partition coefficient (Wildman–Crippen LogP) is 2.56. The minimum absolute atomic E-state index is 0.236. The Morgan fingerprint density at radius 1 is 1.18 bits per heavy atom. The second-order valence-corrected chi connectivity index (χ2v) is 3.76. The highest BCUT2D eigenvalue weighted by Crippen LogP contribution is 2.24. The molecule has 3 nitrogen and oxygen atoms in total. The summed E-state index contributed by atoms with van der Waals surface area (Å²) in [7, 11) is 3.03. The molecule has 0 fully saturated rings. The molecule has 88 valence electrons. The van der Waals surface area contributed by atoms with Crippen LogP contribution in [-0.4, -0.2) is 20.2 Å². The highest BCUT2D eigenvalue weighted by molar-refractivity contribution is 5.90. The van der Waals surface area contributed by atoms with E-state index in [1.54, 1.807) is 7.11 Å². The van der Waals surface area contributed by atoms with Crippen LogP contribution >= 0.6 is 0 Å². The molecule has 0 amide bonds. The molecule has 0 aliphatic carbocycles. The molecule has 0 unspecified atom stereocenters. The van der Waals surface area contributed by atoms with Gasteiger partial charge in [-0.15, -0.1) is 0 Å². The fourth-order valence-corrected chi connectivity index (χ4v) is 1.83. The zero-order chi connectivity index (χ0) is 12.3. The number of rotatable bonds is 3. The van der Waals surface area contributed by atoms with Crippen molar-refractivity contribution < 1.29 is 14.3 Å². The molecule has 0 aromatic heterocycles. The van der Waals surface area contributed by atoms with Gasteiger partial charge in [-0.1, -0.05) is 24.3 Å². The molecule has 2 rings (SSSR count). The molecule has 0 heterocycles.